The molecule has 2 aromatic rings. The van der Waals surface area contributed by atoms with Crippen molar-refractivity contribution in [3.63, 3.8) is 0 Å². The van der Waals surface area contributed by atoms with Crippen LogP contribution in [0.15, 0.2) is 54.6 Å². The number of hydrogen-bond acceptors (Lipinski definition) is 4. The van der Waals surface area contributed by atoms with Gasteiger partial charge in [-0.15, -0.1) is 12.4 Å². The van der Waals surface area contributed by atoms with E-state index in [1.54, 1.807) is 11.9 Å². The third-order valence-corrected chi connectivity index (χ3v) is 3.69. The number of para-hydroxylation sites is 3. The fraction of sp³-hybridized carbons (Fsp3) is 0.278. The minimum Gasteiger partial charge on any atom is -0.486 e. The standard InChI is InChI=1S/C18H20N2O3.ClH/c1-20(18(21)11-19-14-7-3-2-4-8-14)12-15-13-22-16-9-5-6-10-17(16)23-15;/h2-10,15,19H,11-13H2,1H3;1H. The molecule has 0 fully saturated rings. The first-order chi connectivity index (χ1) is 11.2. The summed E-state index contributed by atoms with van der Waals surface area (Å²) in [5.74, 6) is 1.49. The fourth-order valence-corrected chi connectivity index (χ4v) is 2.43. The number of amides is 1. The van der Waals surface area contributed by atoms with Crippen molar-refractivity contribution in [1.29, 1.82) is 0 Å². The predicted octanol–water partition coefficient (Wildman–Crippen LogP) is 2.82. The van der Waals surface area contributed by atoms with E-state index in [9.17, 15) is 4.79 Å². The SMILES string of the molecule is CN(CC1COc2ccccc2O1)C(=O)CNc1ccccc1.Cl. The maximum absolute atomic E-state index is 12.2. The van der Waals surface area contributed by atoms with Crippen LogP contribution in [0.25, 0.3) is 0 Å². The summed E-state index contributed by atoms with van der Waals surface area (Å²) in [4.78, 5) is 13.9. The van der Waals surface area contributed by atoms with Crippen molar-refractivity contribution < 1.29 is 14.3 Å². The number of carbonyl (C=O) groups is 1. The zero-order valence-electron chi connectivity index (χ0n) is 13.5. The van der Waals surface area contributed by atoms with Crippen molar-refractivity contribution in [3.8, 4) is 11.5 Å². The Morgan fingerprint density at radius 1 is 1.12 bits per heavy atom. The van der Waals surface area contributed by atoms with Crippen molar-refractivity contribution in [2.24, 2.45) is 0 Å². The van der Waals surface area contributed by atoms with Crippen LogP contribution in [0.2, 0.25) is 0 Å². The molecule has 5 nitrogen and oxygen atoms in total. The van der Waals surface area contributed by atoms with Crippen molar-refractivity contribution in [1.82, 2.24) is 4.90 Å². The molecule has 0 bridgehead atoms. The number of nitrogens with one attached hydrogen (secondary N) is 1. The van der Waals surface area contributed by atoms with E-state index in [4.69, 9.17) is 9.47 Å². The van der Waals surface area contributed by atoms with Gasteiger partial charge in [0.25, 0.3) is 0 Å². The van der Waals surface area contributed by atoms with E-state index in [-0.39, 0.29) is 31.0 Å². The topological polar surface area (TPSA) is 50.8 Å². The van der Waals surface area contributed by atoms with Crippen molar-refractivity contribution in [2.45, 2.75) is 6.10 Å². The van der Waals surface area contributed by atoms with Gasteiger partial charge in [-0.1, -0.05) is 30.3 Å². The average molecular weight is 349 g/mol. The van der Waals surface area contributed by atoms with E-state index in [0.29, 0.717) is 13.2 Å². The molecule has 0 radical (unpaired) electrons. The normalized spacial score (nSPS) is 15.1. The number of ether oxygens (including phenoxy) is 2. The molecule has 6 heteroatoms. The Kier molecular flexibility index (Phi) is 6.32. The number of fused-ring (bicyclic) bond motifs is 1. The summed E-state index contributed by atoms with van der Waals surface area (Å²) >= 11 is 0. The molecule has 0 saturated carbocycles. The lowest BCUT2D eigenvalue weighted by Gasteiger charge is -2.29. The monoisotopic (exact) mass is 348 g/mol. The fourth-order valence-electron chi connectivity index (χ4n) is 2.43. The van der Waals surface area contributed by atoms with Crippen LogP contribution in [0.3, 0.4) is 0 Å². The zero-order valence-corrected chi connectivity index (χ0v) is 14.3. The highest BCUT2D eigenvalue weighted by Crippen LogP contribution is 2.30. The molecule has 0 aliphatic carbocycles. The maximum atomic E-state index is 12.2. The number of rotatable bonds is 5. The van der Waals surface area contributed by atoms with Gasteiger partial charge in [0.15, 0.2) is 17.6 Å². The first kappa shape index (κ1) is 17.9. The molecule has 1 aliphatic heterocycles. The third-order valence-electron chi connectivity index (χ3n) is 3.69. The lowest BCUT2D eigenvalue weighted by atomic mass is 10.2. The van der Waals surface area contributed by atoms with E-state index in [1.165, 1.54) is 0 Å². The van der Waals surface area contributed by atoms with Gasteiger partial charge in [0, 0.05) is 12.7 Å². The largest absolute Gasteiger partial charge is 0.486 e. The summed E-state index contributed by atoms with van der Waals surface area (Å²) in [6.45, 7) is 1.19. The Labute approximate surface area is 148 Å². The number of anilines is 1. The lowest BCUT2D eigenvalue weighted by Crippen LogP contribution is -2.43. The smallest absolute Gasteiger partial charge is 0.241 e. The van der Waals surface area contributed by atoms with E-state index >= 15 is 0 Å². The van der Waals surface area contributed by atoms with Crippen LogP contribution in [0, 0.1) is 0 Å². The lowest BCUT2D eigenvalue weighted by molar-refractivity contribution is -0.129. The second kappa shape index (κ2) is 8.45. The Morgan fingerprint density at radius 3 is 2.54 bits per heavy atom. The summed E-state index contributed by atoms with van der Waals surface area (Å²) in [6, 6.07) is 17.2. The Balaban J connectivity index is 0.00000208. The van der Waals surface area contributed by atoms with Crippen LogP contribution in [-0.4, -0.2) is 43.7 Å². The van der Waals surface area contributed by atoms with Gasteiger partial charge >= 0.3 is 0 Å². The van der Waals surface area contributed by atoms with Gasteiger partial charge in [0.05, 0.1) is 13.1 Å². The van der Waals surface area contributed by atoms with Gasteiger partial charge in [-0.3, -0.25) is 4.79 Å². The minimum absolute atomic E-state index is 0. The number of benzene rings is 2. The second-order valence-corrected chi connectivity index (χ2v) is 5.49. The highest BCUT2D eigenvalue weighted by molar-refractivity contribution is 5.85. The second-order valence-electron chi connectivity index (χ2n) is 5.49. The molecule has 1 aliphatic rings. The first-order valence-electron chi connectivity index (χ1n) is 7.64. The molecular weight excluding hydrogens is 328 g/mol. The van der Waals surface area contributed by atoms with Crippen molar-refractivity contribution >= 4 is 24.0 Å². The molecule has 24 heavy (non-hydrogen) atoms. The molecule has 1 unspecified atom stereocenters. The van der Waals surface area contributed by atoms with Crippen LogP contribution >= 0.6 is 12.4 Å². The Morgan fingerprint density at radius 2 is 1.79 bits per heavy atom. The molecule has 1 N–H and O–H groups in total. The Bertz CT molecular complexity index is 666. The number of nitrogens with zero attached hydrogens (tertiary/aromatic N) is 1. The first-order valence-corrected chi connectivity index (χ1v) is 7.64. The molecule has 1 heterocycles. The van der Waals surface area contributed by atoms with Crippen LogP contribution in [0.5, 0.6) is 11.5 Å². The molecule has 1 atom stereocenters. The van der Waals surface area contributed by atoms with Crippen LogP contribution in [-0.2, 0) is 4.79 Å². The average Bonchev–Trinajstić information content (AvgIpc) is 2.60. The van der Waals surface area contributed by atoms with Crippen molar-refractivity contribution in [2.75, 3.05) is 32.1 Å². The van der Waals surface area contributed by atoms with Gasteiger partial charge in [0.2, 0.25) is 5.91 Å². The summed E-state index contributed by atoms with van der Waals surface area (Å²) < 4.78 is 11.5. The molecular formula is C18H21ClN2O3. The Hall–Kier alpha value is -2.40. The van der Waals surface area contributed by atoms with Gasteiger partial charge in [0.1, 0.15) is 6.61 Å². The molecule has 128 valence electrons. The van der Waals surface area contributed by atoms with Gasteiger partial charge in [-0.05, 0) is 24.3 Å². The molecule has 2 aromatic carbocycles. The highest BCUT2D eigenvalue weighted by Gasteiger charge is 2.23. The van der Waals surface area contributed by atoms with E-state index in [2.05, 4.69) is 5.32 Å². The molecule has 0 spiro atoms. The van der Waals surface area contributed by atoms with Gasteiger partial charge in [-0.25, -0.2) is 0 Å². The van der Waals surface area contributed by atoms with Gasteiger partial charge < -0.3 is 19.7 Å². The molecule has 3 rings (SSSR count). The molecule has 0 aromatic heterocycles. The zero-order chi connectivity index (χ0) is 16.1. The quantitative estimate of drug-likeness (QED) is 0.902. The van der Waals surface area contributed by atoms with E-state index in [0.717, 1.165) is 17.2 Å². The number of hydrogen-bond donors (Lipinski definition) is 1. The summed E-state index contributed by atoms with van der Waals surface area (Å²) in [7, 11) is 1.78. The number of likely N-dealkylation sites (N-methyl/N-ethyl adjacent to an activating group) is 1. The molecule has 1 amide bonds. The predicted molar refractivity (Wildman–Crippen MR) is 96.2 cm³/mol. The van der Waals surface area contributed by atoms with Crippen LogP contribution in [0.1, 0.15) is 0 Å². The summed E-state index contributed by atoms with van der Waals surface area (Å²) in [5, 5.41) is 3.11. The number of carbonyl (C=O) groups excluding carboxylic acids is 1. The minimum atomic E-state index is -0.157. The summed E-state index contributed by atoms with van der Waals surface area (Å²) in [5.41, 5.74) is 0.931. The summed E-state index contributed by atoms with van der Waals surface area (Å²) in [6.07, 6.45) is -0.157. The highest BCUT2D eigenvalue weighted by atomic mass is 35.5. The van der Waals surface area contributed by atoms with Crippen LogP contribution in [0.4, 0.5) is 5.69 Å². The van der Waals surface area contributed by atoms with Crippen LogP contribution < -0.4 is 14.8 Å². The van der Waals surface area contributed by atoms with Gasteiger partial charge in [-0.2, -0.15) is 0 Å². The van der Waals surface area contributed by atoms with Crippen molar-refractivity contribution in [3.05, 3.63) is 54.6 Å². The maximum Gasteiger partial charge on any atom is 0.241 e. The third kappa shape index (κ3) is 4.55. The van der Waals surface area contributed by atoms with E-state index < -0.39 is 0 Å². The molecule has 0 saturated heterocycles. The van der Waals surface area contributed by atoms with E-state index in [1.807, 2.05) is 54.6 Å². The number of halogens is 1.